The van der Waals surface area contributed by atoms with E-state index in [0.717, 1.165) is 25.1 Å². The molecular weight excluding hydrogens is 256 g/mol. The van der Waals surface area contributed by atoms with Gasteiger partial charge in [0.1, 0.15) is 0 Å². The van der Waals surface area contributed by atoms with E-state index in [2.05, 4.69) is 27.1 Å². The van der Waals surface area contributed by atoms with Crippen molar-refractivity contribution < 1.29 is 10.2 Å². The molecule has 112 valence electrons. The van der Waals surface area contributed by atoms with Crippen LogP contribution in [0.15, 0.2) is 12.4 Å². The first-order chi connectivity index (χ1) is 9.51. The molecule has 6 nitrogen and oxygen atoms in total. The van der Waals surface area contributed by atoms with E-state index in [0.29, 0.717) is 25.5 Å². The van der Waals surface area contributed by atoms with Gasteiger partial charge in [-0.15, -0.1) is 0 Å². The largest absolute Gasteiger partial charge is 0.389 e. The summed E-state index contributed by atoms with van der Waals surface area (Å²) in [6, 6.07) is 0. The van der Waals surface area contributed by atoms with Crippen molar-refractivity contribution in [1.82, 2.24) is 14.9 Å². The van der Waals surface area contributed by atoms with Crippen molar-refractivity contribution in [3.05, 3.63) is 18.0 Å². The molecule has 1 aromatic rings. The number of nitrogens with zero attached hydrogens (tertiary/aromatic N) is 3. The second-order valence-electron chi connectivity index (χ2n) is 5.70. The lowest BCUT2D eigenvalue weighted by molar-refractivity contribution is -0.108. The maximum absolute atomic E-state index is 9.94. The zero-order valence-corrected chi connectivity index (χ0v) is 12.2. The molecule has 1 fully saturated rings. The molecule has 1 aromatic heterocycles. The van der Waals surface area contributed by atoms with Crippen molar-refractivity contribution in [2.45, 2.75) is 44.9 Å². The Balaban J connectivity index is 1.87. The van der Waals surface area contributed by atoms with Crippen molar-refractivity contribution in [2.75, 3.05) is 25.0 Å². The first-order valence-electron chi connectivity index (χ1n) is 7.19. The van der Waals surface area contributed by atoms with Crippen LogP contribution in [0.5, 0.6) is 0 Å². The summed E-state index contributed by atoms with van der Waals surface area (Å²) in [5, 5.41) is 23.0. The molecule has 2 atom stereocenters. The predicted octanol–water partition coefficient (Wildman–Crippen LogP) is 0.616. The molecular formula is C14H24N4O2. The molecule has 0 saturated carbocycles. The number of hydrogen-bond acceptors (Lipinski definition) is 6. The van der Waals surface area contributed by atoms with Crippen LogP contribution in [0.1, 0.15) is 32.3 Å². The van der Waals surface area contributed by atoms with Crippen molar-refractivity contribution in [2.24, 2.45) is 0 Å². The van der Waals surface area contributed by atoms with E-state index in [1.807, 2.05) is 12.4 Å². The molecule has 2 rings (SSSR count). The van der Waals surface area contributed by atoms with Gasteiger partial charge in [-0.1, -0.05) is 6.92 Å². The van der Waals surface area contributed by atoms with Gasteiger partial charge in [0.15, 0.2) is 0 Å². The lowest BCUT2D eigenvalue weighted by Gasteiger charge is -2.39. The monoisotopic (exact) mass is 280 g/mol. The normalized spacial score (nSPS) is 27.5. The highest BCUT2D eigenvalue weighted by atomic mass is 16.3. The lowest BCUT2D eigenvalue weighted by Crippen LogP contribution is -2.53. The van der Waals surface area contributed by atoms with Gasteiger partial charge in [-0.2, -0.15) is 0 Å². The van der Waals surface area contributed by atoms with Gasteiger partial charge in [-0.25, -0.2) is 9.97 Å². The van der Waals surface area contributed by atoms with Gasteiger partial charge in [0.2, 0.25) is 5.95 Å². The van der Waals surface area contributed by atoms with Crippen LogP contribution in [0.4, 0.5) is 5.95 Å². The first-order valence-corrected chi connectivity index (χ1v) is 7.19. The third-order valence-corrected chi connectivity index (χ3v) is 3.73. The van der Waals surface area contributed by atoms with Crippen LogP contribution < -0.4 is 5.32 Å². The van der Waals surface area contributed by atoms with Crippen molar-refractivity contribution in [1.29, 1.82) is 0 Å². The molecule has 0 aromatic carbocycles. The fraction of sp³-hybridized carbons (Fsp3) is 0.714. The van der Waals surface area contributed by atoms with Gasteiger partial charge in [-0.05, 0) is 19.8 Å². The van der Waals surface area contributed by atoms with Crippen LogP contribution in [0.2, 0.25) is 0 Å². The molecule has 1 saturated heterocycles. The zero-order chi connectivity index (χ0) is 14.6. The minimum Gasteiger partial charge on any atom is -0.389 e. The highest BCUT2D eigenvalue weighted by molar-refractivity contribution is 5.24. The van der Waals surface area contributed by atoms with Gasteiger partial charge < -0.3 is 15.5 Å². The molecule has 3 N–H and O–H groups in total. The fourth-order valence-corrected chi connectivity index (χ4v) is 2.25. The Bertz CT molecular complexity index is 422. The lowest BCUT2D eigenvalue weighted by atomic mass is 9.90. The number of nitrogens with one attached hydrogen (secondary N) is 1. The van der Waals surface area contributed by atoms with Crippen LogP contribution in [0, 0.1) is 0 Å². The number of likely N-dealkylation sites (tertiary alicyclic amines) is 1. The van der Waals surface area contributed by atoms with E-state index in [1.165, 1.54) is 0 Å². The fourth-order valence-electron chi connectivity index (χ4n) is 2.25. The van der Waals surface area contributed by atoms with E-state index in [4.69, 9.17) is 0 Å². The van der Waals surface area contributed by atoms with Gasteiger partial charge in [0, 0.05) is 44.1 Å². The average Bonchev–Trinajstić information content (AvgIpc) is 2.43. The summed E-state index contributed by atoms with van der Waals surface area (Å²) in [6.07, 6.45) is 4.53. The Morgan fingerprint density at radius 1 is 1.45 bits per heavy atom. The highest BCUT2D eigenvalue weighted by Gasteiger charge is 2.36. The zero-order valence-electron chi connectivity index (χ0n) is 12.2. The number of anilines is 1. The third kappa shape index (κ3) is 3.88. The van der Waals surface area contributed by atoms with Gasteiger partial charge in [0.05, 0.1) is 11.7 Å². The Hall–Kier alpha value is -1.24. The predicted molar refractivity (Wildman–Crippen MR) is 77.3 cm³/mol. The topological polar surface area (TPSA) is 81.5 Å². The number of β-amino-alcohol motifs (C(OH)–C–C–N with tert-alkyl or cyclic N) is 1. The second kappa shape index (κ2) is 6.47. The Labute approximate surface area is 119 Å². The summed E-state index contributed by atoms with van der Waals surface area (Å²) < 4.78 is 0. The summed E-state index contributed by atoms with van der Waals surface area (Å²) in [5.74, 6) is 0.650. The average molecular weight is 280 g/mol. The molecule has 2 heterocycles. The second-order valence-corrected chi connectivity index (χ2v) is 5.70. The minimum atomic E-state index is -0.971. The number of hydrogen-bond donors (Lipinski definition) is 3. The quantitative estimate of drug-likeness (QED) is 0.733. The number of aliphatic hydroxyl groups is 2. The maximum atomic E-state index is 9.94. The van der Waals surface area contributed by atoms with Gasteiger partial charge in [-0.3, -0.25) is 4.90 Å². The van der Waals surface area contributed by atoms with E-state index in [1.54, 1.807) is 6.92 Å². The van der Waals surface area contributed by atoms with Gasteiger partial charge >= 0.3 is 0 Å². The summed E-state index contributed by atoms with van der Waals surface area (Å²) in [5.41, 5.74) is 0.0433. The maximum Gasteiger partial charge on any atom is 0.222 e. The van der Waals surface area contributed by atoms with Crippen molar-refractivity contribution in [3.8, 4) is 0 Å². The molecule has 6 heteroatoms. The minimum absolute atomic E-state index is 0.475. The molecule has 0 amide bonds. The molecule has 0 bridgehead atoms. The molecule has 0 aliphatic carbocycles. The van der Waals surface area contributed by atoms with E-state index < -0.39 is 11.7 Å². The van der Waals surface area contributed by atoms with E-state index in [9.17, 15) is 10.2 Å². The summed E-state index contributed by atoms with van der Waals surface area (Å²) in [6.45, 7) is 6.58. The number of aliphatic hydroxyl groups excluding tert-OH is 1. The van der Waals surface area contributed by atoms with Crippen molar-refractivity contribution in [3.63, 3.8) is 0 Å². The molecule has 0 radical (unpaired) electrons. The van der Waals surface area contributed by atoms with Gasteiger partial charge in [0.25, 0.3) is 0 Å². The molecule has 20 heavy (non-hydrogen) atoms. The van der Waals surface area contributed by atoms with Crippen LogP contribution in [-0.4, -0.2) is 56.4 Å². The third-order valence-electron chi connectivity index (χ3n) is 3.73. The van der Waals surface area contributed by atoms with Crippen LogP contribution in [0.3, 0.4) is 0 Å². The molecule has 0 spiro atoms. The number of piperidine rings is 1. The smallest absolute Gasteiger partial charge is 0.222 e. The van der Waals surface area contributed by atoms with E-state index in [-0.39, 0.29) is 0 Å². The van der Waals surface area contributed by atoms with E-state index >= 15 is 0 Å². The summed E-state index contributed by atoms with van der Waals surface area (Å²) >= 11 is 0. The van der Waals surface area contributed by atoms with Crippen LogP contribution >= 0.6 is 0 Å². The number of rotatable bonds is 5. The number of aromatic nitrogens is 2. The summed E-state index contributed by atoms with van der Waals surface area (Å²) in [7, 11) is 0. The Morgan fingerprint density at radius 3 is 2.75 bits per heavy atom. The molecule has 2 unspecified atom stereocenters. The first kappa shape index (κ1) is 15.2. The van der Waals surface area contributed by atoms with Crippen LogP contribution in [0.25, 0.3) is 0 Å². The summed E-state index contributed by atoms with van der Waals surface area (Å²) in [4.78, 5) is 10.6. The molecule has 1 aliphatic heterocycles. The standard InChI is InChI=1S/C14H24N4O2/c1-3-5-15-13-16-7-11(8-17-13)9-18-6-4-14(2,20)12(19)10-18/h7-8,12,19-20H,3-6,9-10H2,1-2H3,(H,15,16,17). The van der Waals surface area contributed by atoms with Crippen LogP contribution in [-0.2, 0) is 6.54 Å². The van der Waals surface area contributed by atoms with Crippen molar-refractivity contribution >= 4 is 5.95 Å². The Morgan fingerprint density at radius 2 is 2.15 bits per heavy atom. The molecule has 1 aliphatic rings. The SMILES string of the molecule is CCCNc1ncc(CN2CCC(C)(O)C(O)C2)cn1. The highest BCUT2D eigenvalue weighted by Crippen LogP contribution is 2.22. The Kier molecular flexibility index (Phi) is 4.91.